The van der Waals surface area contributed by atoms with E-state index in [9.17, 15) is 4.79 Å². The molecule has 1 aromatic carbocycles. The summed E-state index contributed by atoms with van der Waals surface area (Å²) in [6, 6.07) is 14.4. The van der Waals surface area contributed by atoms with Gasteiger partial charge in [0.15, 0.2) is 0 Å². The van der Waals surface area contributed by atoms with Crippen LogP contribution in [-0.2, 0) is 13.0 Å². The fourth-order valence-corrected chi connectivity index (χ4v) is 4.73. The first-order valence-electron chi connectivity index (χ1n) is 9.41. The highest BCUT2D eigenvalue weighted by molar-refractivity contribution is 7.13. The molecule has 0 bridgehead atoms. The van der Waals surface area contributed by atoms with Crippen LogP contribution in [0, 0.1) is 6.92 Å². The molecule has 3 aromatic heterocycles. The number of fused-ring (bicyclic) bond motifs is 3. The fourth-order valence-electron chi connectivity index (χ4n) is 3.92. The molecule has 0 fully saturated rings. The second-order valence-corrected chi connectivity index (χ2v) is 7.93. The summed E-state index contributed by atoms with van der Waals surface area (Å²) in [6.07, 6.45) is 5.60. The van der Waals surface area contributed by atoms with Crippen molar-refractivity contribution in [3.63, 3.8) is 0 Å². The van der Waals surface area contributed by atoms with E-state index in [2.05, 4.69) is 28.2 Å². The number of thiazole rings is 1. The average molecular weight is 385 g/mol. The second kappa shape index (κ2) is 6.84. The quantitative estimate of drug-likeness (QED) is 0.490. The Balaban J connectivity index is 1.89. The normalized spacial score (nSPS) is 12.9. The lowest BCUT2D eigenvalue weighted by molar-refractivity contribution is 0.642. The van der Waals surface area contributed by atoms with Gasteiger partial charge in [-0.15, -0.1) is 11.3 Å². The van der Waals surface area contributed by atoms with Gasteiger partial charge in [0.2, 0.25) is 0 Å². The minimum atomic E-state index is 0.0285. The standard InChI is InChI=1S/C23H19N3OS/c1-15-14-28-22(25-15)19-12-18(16-6-3-2-4-7-16)21-20-13-24-10-9-17(20)8-5-11-26(21)23(19)27/h2-4,6-7,9-10,12-14H,5,8,11H2,1H3. The summed E-state index contributed by atoms with van der Waals surface area (Å²) in [5, 5.41) is 2.78. The topological polar surface area (TPSA) is 47.8 Å². The van der Waals surface area contributed by atoms with Gasteiger partial charge in [-0.2, -0.15) is 0 Å². The van der Waals surface area contributed by atoms with Gasteiger partial charge in [0, 0.05) is 41.1 Å². The molecule has 0 saturated heterocycles. The zero-order chi connectivity index (χ0) is 19.1. The van der Waals surface area contributed by atoms with Gasteiger partial charge in [-0.25, -0.2) is 4.98 Å². The summed E-state index contributed by atoms with van der Waals surface area (Å²) in [4.78, 5) is 22.4. The molecule has 0 N–H and O–H groups in total. The number of aromatic nitrogens is 3. The van der Waals surface area contributed by atoms with Gasteiger partial charge in [-0.3, -0.25) is 9.78 Å². The van der Waals surface area contributed by atoms with Gasteiger partial charge in [-0.1, -0.05) is 30.3 Å². The van der Waals surface area contributed by atoms with Crippen molar-refractivity contribution in [1.29, 1.82) is 0 Å². The van der Waals surface area contributed by atoms with Crippen LogP contribution in [0.25, 0.3) is 33.0 Å². The maximum atomic E-state index is 13.5. The van der Waals surface area contributed by atoms with E-state index < -0.39 is 0 Å². The molecule has 1 aliphatic rings. The lowest BCUT2D eigenvalue weighted by atomic mass is 9.95. The first kappa shape index (κ1) is 17.1. The number of rotatable bonds is 2. The number of pyridine rings is 2. The summed E-state index contributed by atoms with van der Waals surface area (Å²) >= 11 is 1.53. The van der Waals surface area contributed by atoms with Crippen LogP contribution in [0.1, 0.15) is 17.7 Å². The van der Waals surface area contributed by atoms with E-state index >= 15 is 0 Å². The molecule has 4 aromatic rings. The molecular weight excluding hydrogens is 366 g/mol. The molecule has 4 heterocycles. The minimum absolute atomic E-state index is 0.0285. The van der Waals surface area contributed by atoms with Crippen LogP contribution >= 0.6 is 11.3 Å². The maximum Gasteiger partial charge on any atom is 0.261 e. The van der Waals surface area contributed by atoms with Crippen LogP contribution in [0.5, 0.6) is 0 Å². The molecule has 0 atom stereocenters. The highest BCUT2D eigenvalue weighted by atomic mass is 32.1. The Morgan fingerprint density at radius 2 is 1.93 bits per heavy atom. The van der Waals surface area contributed by atoms with Crippen molar-refractivity contribution in [2.45, 2.75) is 26.3 Å². The number of hydrogen-bond donors (Lipinski definition) is 0. The van der Waals surface area contributed by atoms with E-state index in [4.69, 9.17) is 0 Å². The molecule has 0 unspecified atom stereocenters. The summed E-state index contributed by atoms with van der Waals surface area (Å²) in [7, 11) is 0. The molecule has 0 saturated carbocycles. The van der Waals surface area contributed by atoms with Crippen molar-refractivity contribution >= 4 is 11.3 Å². The van der Waals surface area contributed by atoms with Crippen molar-refractivity contribution in [3.05, 3.63) is 81.8 Å². The molecule has 5 heteroatoms. The lowest BCUT2D eigenvalue weighted by Gasteiger charge is -2.18. The van der Waals surface area contributed by atoms with Crippen molar-refractivity contribution in [3.8, 4) is 33.0 Å². The Bertz CT molecular complexity index is 1220. The molecule has 0 spiro atoms. The third-order valence-corrected chi connectivity index (χ3v) is 6.21. The predicted molar refractivity (Wildman–Crippen MR) is 114 cm³/mol. The van der Waals surface area contributed by atoms with E-state index in [0.717, 1.165) is 45.9 Å². The van der Waals surface area contributed by atoms with Gasteiger partial charge in [0.1, 0.15) is 5.01 Å². The monoisotopic (exact) mass is 385 g/mol. The number of aryl methyl sites for hydroxylation is 2. The van der Waals surface area contributed by atoms with Gasteiger partial charge in [-0.05, 0) is 43.0 Å². The highest BCUT2D eigenvalue weighted by Gasteiger charge is 2.23. The number of benzene rings is 1. The molecule has 4 nitrogen and oxygen atoms in total. The molecule has 5 rings (SSSR count). The predicted octanol–water partition coefficient (Wildman–Crippen LogP) is 4.96. The molecule has 138 valence electrons. The Morgan fingerprint density at radius 3 is 2.71 bits per heavy atom. The summed E-state index contributed by atoms with van der Waals surface area (Å²) in [5.74, 6) is 0. The van der Waals surface area contributed by atoms with E-state index in [1.54, 1.807) is 0 Å². The zero-order valence-electron chi connectivity index (χ0n) is 15.6. The van der Waals surface area contributed by atoms with Crippen molar-refractivity contribution < 1.29 is 0 Å². The largest absolute Gasteiger partial charge is 0.307 e. The first-order chi connectivity index (χ1) is 13.7. The van der Waals surface area contributed by atoms with E-state index in [1.807, 2.05) is 53.5 Å². The van der Waals surface area contributed by atoms with E-state index in [-0.39, 0.29) is 5.56 Å². The summed E-state index contributed by atoms with van der Waals surface area (Å²) < 4.78 is 1.93. The summed E-state index contributed by atoms with van der Waals surface area (Å²) in [6.45, 7) is 2.65. The van der Waals surface area contributed by atoms with E-state index in [0.29, 0.717) is 12.1 Å². The fraction of sp³-hybridized carbons (Fsp3) is 0.174. The Kier molecular flexibility index (Phi) is 4.17. The number of nitrogens with zero attached hydrogens (tertiary/aromatic N) is 3. The first-order valence-corrected chi connectivity index (χ1v) is 10.3. The van der Waals surface area contributed by atoms with Crippen LogP contribution in [0.3, 0.4) is 0 Å². The minimum Gasteiger partial charge on any atom is -0.307 e. The third kappa shape index (κ3) is 2.79. The molecular formula is C23H19N3OS. The third-order valence-electron chi connectivity index (χ3n) is 5.22. The molecule has 0 radical (unpaired) electrons. The van der Waals surface area contributed by atoms with Gasteiger partial charge < -0.3 is 4.57 Å². The van der Waals surface area contributed by atoms with Crippen LogP contribution in [0.4, 0.5) is 0 Å². The van der Waals surface area contributed by atoms with Crippen LogP contribution < -0.4 is 5.56 Å². The van der Waals surface area contributed by atoms with E-state index in [1.165, 1.54) is 16.9 Å². The zero-order valence-corrected chi connectivity index (χ0v) is 16.4. The Hall–Kier alpha value is -3.05. The molecule has 1 aliphatic heterocycles. The van der Waals surface area contributed by atoms with Crippen LogP contribution in [0.15, 0.2) is 65.0 Å². The molecule has 0 amide bonds. The van der Waals surface area contributed by atoms with Crippen molar-refractivity contribution in [2.75, 3.05) is 0 Å². The van der Waals surface area contributed by atoms with Crippen molar-refractivity contribution in [1.82, 2.24) is 14.5 Å². The van der Waals surface area contributed by atoms with Crippen LogP contribution in [-0.4, -0.2) is 14.5 Å². The van der Waals surface area contributed by atoms with Crippen LogP contribution in [0.2, 0.25) is 0 Å². The number of hydrogen-bond acceptors (Lipinski definition) is 4. The summed E-state index contributed by atoms with van der Waals surface area (Å²) in [5.41, 5.74) is 7.06. The Labute approximate surface area is 167 Å². The Morgan fingerprint density at radius 1 is 1.07 bits per heavy atom. The van der Waals surface area contributed by atoms with Crippen molar-refractivity contribution in [2.24, 2.45) is 0 Å². The highest BCUT2D eigenvalue weighted by Crippen LogP contribution is 2.37. The SMILES string of the molecule is Cc1csc(-c2cc(-c3ccccc3)c3n(c2=O)CCCc2ccncc2-3)n1. The lowest BCUT2D eigenvalue weighted by Crippen LogP contribution is -2.23. The van der Waals surface area contributed by atoms with Gasteiger partial charge in [0.25, 0.3) is 5.56 Å². The average Bonchev–Trinajstić information content (AvgIpc) is 3.06. The van der Waals surface area contributed by atoms with Gasteiger partial charge in [0.05, 0.1) is 11.3 Å². The van der Waals surface area contributed by atoms with Gasteiger partial charge >= 0.3 is 0 Å². The molecule has 0 aliphatic carbocycles. The maximum absolute atomic E-state index is 13.5. The molecule has 28 heavy (non-hydrogen) atoms. The smallest absolute Gasteiger partial charge is 0.261 e. The second-order valence-electron chi connectivity index (χ2n) is 7.07.